The van der Waals surface area contributed by atoms with E-state index in [4.69, 9.17) is 9.47 Å². The van der Waals surface area contributed by atoms with Crippen molar-refractivity contribution in [2.45, 2.75) is 89.6 Å². The summed E-state index contributed by atoms with van der Waals surface area (Å²) in [5.74, 6) is -0.213. The third kappa shape index (κ3) is 10.8. The highest BCUT2D eigenvalue weighted by Crippen LogP contribution is 2.26. The van der Waals surface area contributed by atoms with Gasteiger partial charge in [0.15, 0.2) is 0 Å². The summed E-state index contributed by atoms with van der Waals surface area (Å²) in [7, 11) is -3.83. The zero-order valence-electron chi connectivity index (χ0n) is 31.1. The summed E-state index contributed by atoms with van der Waals surface area (Å²) in [6.45, 7) is 11.2. The number of benzene rings is 4. The third-order valence-electron chi connectivity index (χ3n) is 8.71. The van der Waals surface area contributed by atoms with Gasteiger partial charge in [-0.3, -0.25) is 14.3 Å². The lowest BCUT2D eigenvalue weighted by Gasteiger charge is -2.34. The van der Waals surface area contributed by atoms with E-state index in [2.05, 4.69) is 15.4 Å². The number of hydrogen-bond donors (Lipinski definition) is 3. The van der Waals surface area contributed by atoms with Crippen molar-refractivity contribution in [1.29, 1.82) is 0 Å². The molecule has 0 radical (unpaired) electrons. The molecular weight excluding hydrogens is 693 g/mol. The highest BCUT2D eigenvalue weighted by atomic mass is 32.2. The molecule has 1 atom stereocenters. The molecule has 1 heterocycles. The predicted octanol–water partition coefficient (Wildman–Crippen LogP) is 6.29. The Balaban J connectivity index is 1.33. The standard InChI is InChI=1S/C41H48N4O7S/c1-28-12-20-35(21-13-28)53(49,50)44-33-17-16-31-22-23-45(26-32(31)25-33)37(46)36(42-38(47)41(5,6)43-39(48)52-40(2,3)4)24-29-14-18-34(19-15-29)51-27-30-10-8-7-9-11-30/h7-21,25,36,44H,22-24,26-27H2,1-6H3,(H,42,47)(H,43,48)/t36-/m1/s1. The van der Waals surface area contributed by atoms with E-state index >= 15 is 0 Å². The summed E-state index contributed by atoms with van der Waals surface area (Å²) in [5.41, 5.74) is 2.78. The zero-order chi connectivity index (χ0) is 38.4. The number of ether oxygens (including phenoxy) is 2. The average Bonchev–Trinajstić information content (AvgIpc) is 3.09. The summed E-state index contributed by atoms with van der Waals surface area (Å²) in [6, 6.07) is 28.1. The van der Waals surface area contributed by atoms with Crippen LogP contribution in [0.15, 0.2) is 102 Å². The maximum atomic E-state index is 14.3. The normalized spacial score (nSPS) is 13.7. The maximum Gasteiger partial charge on any atom is 0.408 e. The lowest BCUT2D eigenvalue weighted by Crippen LogP contribution is -2.60. The predicted molar refractivity (Wildman–Crippen MR) is 204 cm³/mol. The second-order valence-corrected chi connectivity index (χ2v) is 16.5. The average molecular weight is 741 g/mol. The Morgan fingerprint density at radius 2 is 1.51 bits per heavy atom. The molecule has 0 spiro atoms. The van der Waals surface area contributed by atoms with Crippen LogP contribution in [0.1, 0.15) is 62.4 Å². The molecule has 11 nitrogen and oxygen atoms in total. The van der Waals surface area contributed by atoms with Gasteiger partial charge in [-0.2, -0.15) is 0 Å². The minimum atomic E-state index is -3.83. The van der Waals surface area contributed by atoms with Crippen LogP contribution in [0.4, 0.5) is 10.5 Å². The largest absolute Gasteiger partial charge is 0.489 e. The van der Waals surface area contributed by atoms with Crippen LogP contribution in [0.3, 0.4) is 0 Å². The molecule has 0 aliphatic carbocycles. The molecule has 12 heteroatoms. The second-order valence-electron chi connectivity index (χ2n) is 14.8. The Morgan fingerprint density at radius 1 is 0.830 bits per heavy atom. The number of rotatable bonds is 12. The van der Waals surface area contributed by atoms with Crippen molar-refractivity contribution < 1.29 is 32.3 Å². The quantitative estimate of drug-likeness (QED) is 0.155. The van der Waals surface area contributed by atoms with Crippen LogP contribution in [0.2, 0.25) is 0 Å². The zero-order valence-corrected chi connectivity index (χ0v) is 31.9. The van der Waals surface area contributed by atoms with Crippen molar-refractivity contribution in [2.75, 3.05) is 11.3 Å². The Kier molecular flexibility index (Phi) is 11.8. The maximum absolute atomic E-state index is 14.3. The summed E-state index contributed by atoms with van der Waals surface area (Å²) >= 11 is 0. The molecule has 5 rings (SSSR count). The molecule has 0 aromatic heterocycles. The van der Waals surface area contributed by atoms with Crippen molar-refractivity contribution in [3.63, 3.8) is 0 Å². The lowest BCUT2D eigenvalue weighted by atomic mass is 9.97. The van der Waals surface area contributed by atoms with Crippen LogP contribution < -0.4 is 20.1 Å². The molecule has 280 valence electrons. The Morgan fingerprint density at radius 3 is 2.17 bits per heavy atom. The summed E-state index contributed by atoms with van der Waals surface area (Å²) in [4.78, 5) is 42.4. The van der Waals surface area contributed by atoms with E-state index in [9.17, 15) is 22.8 Å². The van der Waals surface area contributed by atoms with Gasteiger partial charge in [-0.1, -0.05) is 66.2 Å². The number of nitrogens with one attached hydrogen (secondary N) is 3. The van der Waals surface area contributed by atoms with Gasteiger partial charge in [0.25, 0.3) is 10.0 Å². The Bertz CT molecular complexity index is 2030. The molecule has 3 amide bonds. The van der Waals surface area contributed by atoms with E-state index in [1.807, 2.05) is 67.6 Å². The van der Waals surface area contributed by atoms with Gasteiger partial charge >= 0.3 is 6.09 Å². The van der Waals surface area contributed by atoms with Crippen molar-refractivity contribution in [3.05, 3.63) is 125 Å². The molecule has 0 unspecified atom stereocenters. The van der Waals surface area contributed by atoms with Gasteiger partial charge in [0, 0.05) is 25.2 Å². The Hall–Kier alpha value is -5.36. The van der Waals surface area contributed by atoms with E-state index in [1.54, 1.807) is 75.9 Å². The summed E-state index contributed by atoms with van der Waals surface area (Å²) in [6.07, 6.45) is -0.0365. The van der Waals surface area contributed by atoms with Crippen LogP contribution in [-0.2, 0) is 50.3 Å². The number of sulfonamides is 1. The molecule has 4 aromatic carbocycles. The van der Waals surface area contributed by atoms with Gasteiger partial charge in [0.2, 0.25) is 11.8 Å². The van der Waals surface area contributed by atoms with Crippen LogP contribution in [0, 0.1) is 6.92 Å². The smallest absolute Gasteiger partial charge is 0.408 e. The first-order valence-corrected chi connectivity index (χ1v) is 19.0. The van der Waals surface area contributed by atoms with Crippen molar-refractivity contribution in [1.82, 2.24) is 15.5 Å². The number of alkyl carbamates (subject to hydrolysis) is 1. The molecule has 3 N–H and O–H groups in total. The lowest BCUT2D eigenvalue weighted by molar-refractivity contribution is -0.138. The van der Waals surface area contributed by atoms with Crippen molar-refractivity contribution >= 4 is 33.6 Å². The number of amides is 3. The van der Waals surface area contributed by atoms with Crippen LogP contribution in [0.25, 0.3) is 0 Å². The van der Waals surface area contributed by atoms with Gasteiger partial charge in [-0.05, 0) is 107 Å². The van der Waals surface area contributed by atoms with Gasteiger partial charge in [-0.15, -0.1) is 0 Å². The first-order chi connectivity index (χ1) is 25.0. The first kappa shape index (κ1) is 38.9. The van der Waals surface area contributed by atoms with E-state index in [0.29, 0.717) is 31.0 Å². The van der Waals surface area contributed by atoms with Crippen LogP contribution in [-0.4, -0.2) is 55.0 Å². The molecule has 1 aliphatic rings. The van der Waals surface area contributed by atoms with E-state index in [1.165, 1.54) is 0 Å². The van der Waals surface area contributed by atoms with Gasteiger partial charge in [-0.25, -0.2) is 13.2 Å². The van der Waals surface area contributed by atoms with Gasteiger partial charge < -0.3 is 25.0 Å². The fraction of sp³-hybridized carbons (Fsp3) is 0.341. The van der Waals surface area contributed by atoms with Gasteiger partial charge in [0.1, 0.15) is 29.5 Å². The summed E-state index contributed by atoms with van der Waals surface area (Å²) in [5, 5.41) is 5.51. The molecule has 4 aromatic rings. The third-order valence-corrected chi connectivity index (χ3v) is 10.1. The Labute approximate surface area is 312 Å². The number of carbonyl (C=O) groups excluding carboxylic acids is 3. The summed E-state index contributed by atoms with van der Waals surface area (Å²) < 4.78 is 40.2. The number of hydrogen-bond acceptors (Lipinski definition) is 7. The number of carbonyl (C=O) groups is 3. The van der Waals surface area contributed by atoms with E-state index < -0.39 is 39.2 Å². The van der Waals surface area contributed by atoms with Crippen LogP contribution in [0.5, 0.6) is 5.75 Å². The molecule has 1 aliphatic heterocycles. The second kappa shape index (κ2) is 16.1. The molecule has 0 saturated carbocycles. The minimum absolute atomic E-state index is 0.149. The minimum Gasteiger partial charge on any atom is -0.489 e. The molecule has 0 fully saturated rings. The first-order valence-electron chi connectivity index (χ1n) is 17.6. The number of aryl methyl sites for hydroxylation is 1. The molecular formula is C41H48N4O7S. The topological polar surface area (TPSA) is 143 Å². The highest BCUT2D eigenvalue weighted by Gasteiger charge is 2.36. The van der Waals surface area contributed by atoms with E-state index in [0.717, 1.165) is 27.8 Å². The van der Waals surface area contributed by atoms with Crippen molar-refractivity contribution in [3.8, 4) is 5.75 Å². The number of anilines is 1. The highest BCUT2D eigenvalue weighted by molar-refractivity contribution is 7.92. The molecule has 0 bridgehead atoms. The SMILES string of the molecule is Cc1ccc(S(=O)(=O)Nc2ccc3c(c2)CN(C(=O)[C@@H](Cc2ccc(OCc4ccccc4)cc2)NC(=O)C(C)(C)NC(=O)OC(C)(C)C)CC3)cc1. The number of nitrogens with zero attached hydrogens (tertiary/aromatic N) is 1. The van der Waals surface area contributed by atoms with Crippen molar-refractivity contribution in [2.24, 2.45) is 0 Å². The molecule has 0 saturated heterocycles. The number of fused-ring (bicyclic) bond motifs is 1. The van der Waals surface area contributed by atoms with Gasteiger partial charge in [0.05, 0.1) is 4.90 Å². The fourth-order valence-electron chi connectivity index (χ4n) is 5.81. The molecule has 53 heavy (non-hydrogen) atoms. The van der Waals surface area contributed by atoms with E-state index in [-0.39, 0.29) is 23.8 Å². The van der Waals surface area contributed by atoms with Crippen LogP contribution >= 0.6 is 0 Å². The fourth-order valence-corrected chi connectivity index (χ4v) is 6.86. The monoisotopic (exact) mass is 740 g/mol.